The van der Waals surface area contributed by atoms with Gasteiger partial charge in [-0.2, -0.15) is 0 Å². The molecular formula is C9H15Cl2NO. The molecule has 2 fully saturated rings. The molecule has 2 aliphatic rings. The van der Waals surface area contributed by atoms with E-state index in [1.807, 2.05) is 0 Å². The lowest BCUT2D eigenvalue weighted by Crippen LogP contribution is -2.58. The van der Waals surface area contributed by atoms with Crippen molar-refractivity contribution < 1.29 is 5.11 Å². The Morgan fingerprint density at radius 3 is 2.77 bits per heavy atom. The van der Waals surface area contributed by atoms with Gasteiger partial charge >= 0.3 is 0 Å². The van der Waals surface area contributed by atoms with Crippen LogP contribution in [0.1, 0.15) is 19.3 Å². The van der Waals surface area contributed by atoms with Gasteiger partial charge in [-0.1, -0.05) is 0 Å². The van der Waals surface area contributed by atoms with Crippen LogP contribution in [0.3, 0.4) is 0 Å². The van der Waals surface area contributed by atoms with Crippen LogP contribution in [0, 0.1) is 5.92 Å². The second-order valence-electron chi connectivity index (χ2n) is 4.04. The first-order chi connectivity index (χ1) is 6.20. The normalized spacial score (nSPS) is 51.5. The van der Waals surface area contributed by atoms with Gasteiger partial charge in [-0.3, -0.25) is 0 Å². The molecule has 0 radical (unpaired) electrons. The molecule has 13 heavy (non-hydrogen) atoms. The second kappa shape index (κ2) is 3.93. The van der Waals surface area contributed by atoms with E-state index in [0.717, 1.165) is 25.8 Å². The van der Waals surface area contributed by atoms with Crippen LogP contribution in [0.5, 0.6) is 0 Å². The Hall–Kier alpha value is 0.500. The van der Waals surface area contributed by atoms with Crippen molar-refractivity contribution in [2.75, 3.05) is 6.54 Å². The molecule has 1 heterocycles. The SMILES string of the molecule is OC1C(Cl)CC(Cl)C2CCCNC12. The number of aliphatic hydroxyl groups excluding tert-OH is 1. The molecule has 2 nitrogen and oxygen atoms in total. The minimum atomic E-state index is -0.429. The van der Waals surface area contributed by atoms with Gasteiger partial charge in [0.15, 0.2) is 0 Å². The molecule has 1 saturated heterocycles. The first-order valence-electron chi connectivity index (χ1n) is 4.89. The number of hydrogen-bond acceptors (Lipinski definition) is 2. The van der Waals surface area contributed by atoms with Gasteiger partial charge < -0.3 is 10.4 Å². The smallest absolute Gasteiger partial charge is 0.0860 e. The fourth-order valence-electron chi connectivity index (χ4n) is 2.47. The Labute approximate surface area is 88.6 Å². The molecule has 0 amide bonds. The monoisotopic (exact) mass is 223 g/mol. The van der Waals surface area contributed by atoms with Crippen LogP contribution in [0.25, 0.3) is 0 Å². The topological polar surface area (TPSA) is 32.3 Å². The highest BCUT2D eigenvalue weighted by Crippen LogP contribution is 2.36. The lowest BCUT2D eigenvalue weighted by molar-refractivity contribution is 0.0481. The molecule has 0 spiro atoms. The number of rotatable bonds is 0. The predicted molar refractivity (Wildman–Crippen MR) is 54.4 cm³/mol. The van der Waals surface area contributed by atoms with Gasteiger partial charge in [-0.25, -0.2) is 0 Å². The van der Waals surface area contributed by atoms with E-state index in [-0.39, 0.29) is 16.8 Å². The zero-order valence-corrected chi connectivity index (χ0v) is 8.93. The van der Waals surface area contributed by atoms with E-state index in [1.165, 1.54) is 0 Å². The standard InChI is InChI=1S/C9H15Cl2NO/c10-6-4-7(11)9(13)8-5(6)2-1-3-12-8/h5-9,12-13H,1-4H2. The van der Waals surface area contributed by atoms with Crippen LogP contribution in [0.15, 0.2) is 0 Å². The van der Waals surface area contributed by atoms with Gasteiger partial charge in [0.05, 0.1) is 11.5 Å². The third-order valence-electron chi connectivity index (χ3n) is 3.21. The minimum Gasteiger partial charge on any atom is -0.390 e. The molecule has 5 atom stereocenters. The van der Waals surface area contributed by atoms with Crippen molar-refractivity contribution in [3.8, 4) is 0 Å². The molecule has 1 saturated carbocycles. The van der Waals surface area contributed by atoms with Crippen LogP contribution in [0.4, 0.5) is 0 Å². The van der Waals surface area contributed by atoms with E-state index in [4.69, 9.17) is 23.2 Å². The molecule has 5 unspecified atom stereocenters. The fraction of sp³-hybridized carbons (Fsp3) is 1.00. The van der Waals surface area contributed by atoms with Crippen molar-refractivity contribution in [2.45, 2.75) is 42.2 Å². The number of alkyl halides is 2. The van der Waals surface area contributed by atoms with E-state index < -0.39 is 6.10 Å². The summed E-state index contributed by atoms with van der Waals surface area (Å²) in [5, 5.41) is 13.1. The number of halogens is 2. The maximum Gasteiger partial charge on any atom is 0.0860 e. The number of nitrogens with one attached hydrogen (secondary N) is 1. The molecule has 2 rings (SSSR count). The number of aliphatic hydroxyl groups is 1. The highest BCUT2D eigenvalue weighted by atomic mass is 35.5. The summed E-state index contributed by atoms with van der Waals surface area (Å²) in [7, 11) is 0. The van der Waals surface area contributed by atoms with E-state index in [0.29, 0.717) is 5.92 Å². The number of piperidine rings is 1. The second-order valence-corrected chi connectivity index (χ2v) is 5.17. The van der Waals surface area contributed by atoms with Crippen molar-refractivity contribution in [1.29, 1.82) is 0 Å². The maximum atomic E-state index is 9.84. The molecule has 0 aromatic rings. The largest absolute Gasteiger partial charge is 0.390 e. The first-order valence-corrected chi connectivity index (χ1v) is 5.77. The van der Waals surface area contributed by atoms with Gasteiger partial charge in [0.2, 0.25) is 0 Å². The molecule has 2 N–H and O–H groups in total. The molecule has 76 valence electrons. The van der Waals surface area contributed by atoms with Gasteiger partial charge in [0.1, 0.15) is 0 Å². The summed E-state index contributed by atoms with van der Waals surface area (Å²) < 4.78 is 0. The third kappa shape index (κ3) is 1.82. The summed E-state index contributed by atoms with van der Waals surface area (Å²) in [5.74, 6) is 0.403. The first kappa shape index (κ1) is 10.0. The van der Waals surface area contributed by atoms with Gasteiger partial charge in [0, 0.05) is 11.4 Å². The highest BCUT2D eigenvalue weighted by Gasteiger charge is 2.43. The summed E-state index contributed by atoms with van der Waals surface area (Å²) in [4.78, 5) is 0. The summed E-state index contributed by atoms with van der Waals surface area (Å²) >= 11 is 12.2. The lowest BCUT2D eigenvalue weighted by Gasteiger charge is -2.44. The molecule has 1 aliphatic heterocycles. The van der Waals surface area contributed by atoms with Crippen LogP contribution < -0.4 is 5.32 Å². The van der Waals surface area contributed by atoms with E-state index in [9.17, 15) is 5.11 Å². The van der Waals surface area contributed by atoms with Crippen LogP contribution >= 0.6 is 23.2 Å². The molecule has 4 heteroatoms. The summed E-state index contributed by atoms with van der Waals surface area (Å²) in [6.45, 7) is 0.978. The molecule has 0 aromatic carbocycles. The minimum absolute atomic E-state index is 0.118. The van der Waals surface area contributed by atoms with Crippen molar-refractivity contribution in [2.24, 2.45) is 5.92 Å². The third-order valence-corrected chi connectivity index (χ3v) is 4.15. The van der Waals surface area contributed by atoms with Crippen molar-refractivity contribution >= 4 is 23.2 Å². The summed E-state index contributed by atoms with van der Waals surface area (Å²) in [6.07, 6.45) is 2.57. The summed E-state index contributed by atoms with van der Waals surface area (Å²) in [5.41, 5.74) is 0. The molecule has 1 aliphatic carbocycles. The summed E-state index contributed by atoms with van der Waals surface area (Å²) in [6, 6.07) is 0.118. The van der Waals surface area contributed by atoms with Crippen LogP contribution in [-0.2, 0) is 0 Å². The van der Waals surface area contributed by atoms with E-state index in [1.54, 1.807) is 0 Å². The quantitative estimate of drug-likeness (QED) is 0.608. The van der Waals surface area contributed by atoms with E-state index >= 15 is 0 Å². The van der Waals surface area contributed by atoms with Gasteiger partial charge in [-0.05, 0) is 31.7 Å². The average molecular weight is 224 g/mol. The zero-order valence-electron chi connectivity index (χ0n) is 7.42. The van der Waals surface area contributed by atoms with E-state index in [2.05, 4.69) is 5.32 Å². The van der Waals surface area contributed by atoms with Crippen molar-refractivity contribution in [3.63, 3.8) is 0 Å². The Balaban J connectivity index is 2.10. The molecule has 0 bridgehead atoms. The number of hydrogen-bond donors (Lipinski definition) is 2. The zero-order chi connectivity index (χ0) is 9.42. The Morgan fingerprint density at radius 2 is 2.00 bits per heavy atom. The van der Waals surface area contributed by atoms with Crippen molar-refractivity contribution in [1.82, 2.24) is 5.32 Å². The average Bonchev–Trinajstić information content (AvgIpc) is 2.15. The van der Waals surface area contributed by atoms with Crippen molar-refractivity contribution in [3.05, 3.63) is 0 Å². The maximum absolute atomic E-state index is 9.84. The Kier molecular flexibility index (Phi) is 3.04. The van der Waals surface area contributed by atoms with Gasteiger partial charge in [-0.15, -0.1) is 23.2 Å². The van der Waals surface area contributed by atoms with Crippen LogP contribution in [0.2, 0.25) is 0 Å². The fourth-order valence-corrected chi connectivity index (χ4v) is 3.39. The van der Waals surface area contributed by atoms with Crippen LogP contribution in [-0.4, -0.2) is 34.6 Å². The highest BCUT2D eigenvalue weighted by molar-refractivity contribution is 6.24. The lowest BCUT2D eigenvalue weighted by atomic mass is 9.77. The molecular weight excluding hydrogens is 209 g/mol. The number of fused-ring (bicyclic) bond motifs is 1. The van der Waals surface area contributed by atoms with Gasteiger partial charge in [0.25, 0.3) is 0 Å². The Bertz CT molecular complexity index is 190. The predicted octanol–water partition coefficient (Wildman–Crippen LogP) is 1.33. The molecule has 0 aromatic heterocycles. The Morgan fingerprint density at radius 1 is 1.23 bits per heavy atom.